The first kappa shape index (κ1) is 15.8. The number of aryl methyl sites for hydroxylation is 2. The van der Waals surface area contributed by atoms with E-state index in [1.165, 1.54) is 0 Å². The molecule has 0 atom stereocenters. The van der Waals surface area contributed by atoms with Crippen molar-refractivity contribution < 1.29 is 0 Å². The molecule has 5 heteroatoms. The molecule has 0 aliphatic carbocycles. The van der Waals surface area contributed by atoms with Gasteiger partial charge < -0.3 is 0 Å². The highest BCUT2D eigenvalue weighted by Gasteiger charge is 2.10. The van der Waals surface area contributed by atoms with Gasteiger partial charge in [-0.3, -0.25) is 9.67 Å². The van der Waals surface area contributed by atoms with E-state index in [9.17, 15) is 0 Å². The Morgan fingerprint density at radius 3 is 2.61 bits per heavy atom. The van der Waals surface area contributed by atoms with Crippen LogP contribution >= 0.6 is 23.2 Å². The second-order valence-corrected chi connectivity index (χ2v) is 6.11. The lowest BCUT2D eigenvalue weighted by atomic mass is 10.0. The Labute approximate surface area is 145 Å². The molecule has 3 rings (SSSR count). The maximum Gasteiger partial charge on any atom is 0.0929 e. The van der Waals surface area contributed by atoms with Crippen LogP contribution in [0, 0.1) is 6.92 Å². The first-order valence-corrected chi connectivity index (χ1v) is 7.88. The minimum atomic E-state index is 0.542. The molecule has 0 bridgehead atoms. The van der Waals surface area contributed by atoms with Crippen molar-refractivity contribution in [3.05, 3.63) is 69.7 Å². The van der Waals surface area contributed by atoms with E-state index in [0.29, 0.717) is 10.0 Å². The third kappa shape index (κ3) is 3.46. The maximum absolute atomic E-state index is 6.06. The molecule has 2 aromatic heterocycles. The van der Waals surface area contributed by atoms with Crippen molar-refractivity contribution >= 4 is 35.4 Å². The van der Waals surface area contributed by atoms with Gasteiger partial charge in [-0.25, -0.2) is 0 Å². The van der Waals surface area contributed by atoms with Crippen LogP contribution in [0.4, 0.5) is 0 Å². The molecule has 0 saturated carbocycles. The molecule has 0 N–H and O–H groups in total. The van der Waals surface area contributed by atoms with E-state index in [0.717, 1.165) is 27.9 Å². The van der Waals surface area contributed by atoms with Crippen molar-refractivity contribution in [3.63, 3.8) is 0 Å². The van der Waals surface area contributed by atoms with Crippen LogP contribution in [0.3, 0.4) is 0 Å². The van der Waals surface area contributed by atoms with E-state index in [1.54, 1.807) is 12.3 Å². The van der Waals surface area contributed by atoms with Gasteiger partial charge in [-0.2, -0.15) is 5.10 Å². The highest BCUT2D eigenvalue weighted by atomic mass is 35.5. The van der Waals surface area contributed by atoms with Crippen LogP contribution in [0.5, 0.6) is 0 Å². The third-order valence-electron chi connectivity index (χ3n) is 3.55. The Kier molecular flexibility index (Phi) is 4.51. The van der Waals surface area contributed by atoms with Crippen molar-refractivity contribution in [1.29, 1.82) is 0 Å². The van der Waals surface area contributed by atoms with Gasteiger partial charge in [-0.05, 0) is 47.9 Å². The molecule has 0 saturated heterocycles. The first-order valence-electron chi connectivity index (χ1n) is 7.12. The number of pyridine rings is 1. The van der Waals surface area contributed by atoms with Crippen LogP contribution in [-0.2, 0) is 7.05 Å². The minimum Gasteiger partial charge on any atom is -0.275 e. The average Bonchev–Trinajstić information content (AvgIpc) is 2.90. The van der Waals surface area contributed by atoms with Gasteiger partial charge in [0.1, 0.15) is 0 Å². The lowest BCUT2D eigenvalue weighted by Crippen LogP contribution is -1.86. The largest absolute Gasteiger partial charge is 0.275 e. The minimum absolute atomic E-state index is 0.542. The summed E-state index contributed by atoms with van der Waals surface area (Å²) in [5.41, 5.74) is 5.19. The zero-order valence-electron chi connectivity index (χ0n) is 12.8. The summed E-state index contributed by atoms with van der Waals surface area (Å²) in [6.45, 7) is 2.04. The second-order valence-electron chi connectivity index (χ2n) is 5.30. The molecule has 116 valence electrons. The summed E-state index contributed by atoms with van der Waals surface area (Å²) in [4.78, 5) is 4.15. The number of halogens is 2. The summed E-state index contributed by atoms with van der Waals surface area (Å²) in [6, 6.07) is 7.55. The molecular formula is C18H15Cl2N3. The molecule has 0 unspecified atom stereocenters. The SMILES string of the molecule is Cc1cnccc1-c1cn(C)nc1C=Cc1ccc(Cl)c(Cl)c1. The van der Waals surface area contributed by atoms with Gasteiger partial charge in [-0.15, -0.1) is 0 Å². The molecule has 0 aliphatic heterocycles. The van der Waals surface area contributed by atoms with Crippen LogP contribution in [0.15, 0.2) is 42.9 Å². The summed E-state index contributed by atoms with van der Waals surface area (Å²) in [7, 11) is 1.91. The highest BCUT2D eigenvalue weighted by molar-refractivity contribution is 6.42. The second kappa shape index (κ2) is 6.57. The molecule has 0 amide bonds. The molecular weight excluding hydrogens is 329 g/mol. The quantitative estimate of drug-likeness (QED) is 0.648. The Morgan fingerprint density at radius 2 is 1.87 bits per heavy atom. The van der Waals surface area contributed by atoms with Gasteiger partial charge in [0.25, 0.3) is 0 Å². The van der Waals surface area contributed by atoms with Crippen molar-refractivity contribution in [2.45, 2.75) is 6.92 Å². The summed E-state index contributed by atoms with van der Waals surface area (Å²) in [6.07, 6.45) is 9.62. The van der Waals surface area contributed by atoms with E-state index in [1.807, 2.05) is 61.4 Å². The van der Waals surface area contributed by atoms with E-state index in [2.05, 4.69) is 10.1 Å². The molecule has 3 nitrogen and oxygen atoms in total. The predicted octanol–water partition coefficient (Wildman–Crippen LogP) is 5.27. The van der Waals surface area contributed by atoms with Crippen molar-refractivity contribution in [2.75, 3.05) is 0 Å². The Balaban J connectivity index is 1.99. The number of hydrogen-bond acceptors (Lipinski definition) is 2. The molecule has 1 aromatic carbocycles. The number of rotatable bonds is 3. The van der Waals surface area contributed by atoms with E-state index in [-0.39, 0.29) is 0 Å². The van der Waals surface area contributed by atoms with Crippen LogP contribution in [0.25, 0.3) is 23.3 Å². The fraction of sp³-hybridized carbons (Fsp3) is 0.111. The normalized spacial score (nSPS) is 11.3. The zero-order chi connectivity index (χ0) is 16.4. The van der Waals surface area contributed by atoms with Gasteiger partial charge >= 0.3 is 0 Å². The number of hydrogen-bond donors (Lipinski definition) is 0. The van der Waals surface area contributed by atoms with Crippen LogP contribution in [-0.4, -0.2) is 14.8 Å². The Bertz CT molecular complexity index is 882. The first-order chi connectivity index (χ1) is 11.0. The molecule has 23 heavy (non-hydrogen) atoms. The fourth-order valence-electron chi connectivity index (χ4n) is 2.40. The van der Waals surface area contributed by atoms with Gasteiger partial charge in [0, 0.05) is 31.2 Å². The van der Waals surface area contributed by atoms with E-state index >= 15 is 0 Å². The molecule has 0 spiro atoms. The van der Waals surface area contributed by atoms with Crippen LogP contribution in [0.1, 0.15) is 16.8 Å². The van der Waals surface area contributed by atoms with E-state index < -0.39 is 0 Å². The van der Waals surface area contributed by atoms with E-state index in [4.69, 9.17) is 23.2 Å². The van der Waals surface area contributed by atoms with Gasteiger partial charge in [0.05, 0.1) is 15.7 Å². The van der Waals surface area contributed by atoms with Crippen molar-refractivity contribution in [3.8, 4) is 11.1 Å². The van der Waals surface area contributed by atoms with Gasteiger partial charge in [-0.1, -0.05) is 35.3 Å². The van der Waals surface area contributed by atoms with Gasteiger partial charge in [0.15, 0.2) is 0 Å². The van der Waals surface area contributed by atoms with Crippen molar-refractivity contribution in [1.82, 2.24) is 14.8 Å². The molecule has 0 fully saturated rings. The summed E-state index contributed by atoms with van der Waals surface area (Å²) >= 11 is 12.0. The summed E-state index contributed by atoms with van der Waals surface area (Å²) in [5, 5.41) is 5.63. The fourth-order valence-corrected chi connectivity index (χ4v) is 2.71. The Hall–Kier alpha value is -2.10. The molecule has 0 radical (unpaired) electrons. The Morgan fingerprint density at radius 1 is 1.04 bits per heavy atom. The lowest BCUT2D eigenvalue weighted by Gasteiger charge is -2.03. The highest BCUT2D eigenvalue weighted by Crippen LogP contribution is 2.28. The number of benzene rings is 1. The summed E-state index contributed by atoms with van der Waals surface area (Å²) < 4.78 is 1.81. The standard InChI is InChI=1S/C18H15Cl2N3/c1-12-10-21-8-7-14(12)15-11-23(2)22-18(15)6-4-13-3-5-16(19)17(20)9-13/h3-11H,1-2H3. The zero-order valence-corrected chi connectivity index (χ0v) is 14.3. The summed E-state index contributed by atoms with van der Waals surface area (Å²) in [5.74, 6) is 0. The van der Waals surface area contributed by atoms with Crippen LogP contribution < -0.4 is 0 Å². The molecule has 0 aliphatic rings. The van der Waals surface area contributed by atoms with Gasteiger partial charge in [0.2, 0.25) is 0 Å². The number of aromatic nitrogens is 3. The van der Waals surface area contributed by atoms with Crippen LogP contribution in [0.2, 0.25) is 10.0 Å². The lowest BCUT2D eigenvalue weighted by molar-refractivity contribution is 0.765. The molecule has 3 aromatic rings. The number of nitrogens with zero attached hydrogens (tertiary/aromatic N) is 3. The topological polar surface area (TPSA) is 30.7 Å². The third-order valence-corrected chi connectivity index (χ3v) is 4.28. The monoisotopic (exact) mass is 343 g/mol. The maximum atomic E-state index is 6.06. The predicted molar refractivity (Wildman–Crippen MR) is 96.6 cm³/mol. The van der Waals surface area contributed by atoms with Crippen molar-refractivity contribution in [2.24, 2.45) is 7.05 Å². The smallest absolute Gasteiger partial charge is 0.0929 e. The molecule has 2 heterocycles. The average molecular weight is 344 g/mol.